The van der Waals surface area contributed by atoms with Crippen LogP contribution in [-0.2, 0) is 0 Å². The van der Waals surface area contributed by atoms with E-state index in [1.165, 1.54) is 18.2 Å². The van der Waals surface area contributed by atoms with Gasteiger partial charge in [0.25, 0.3) is 11.6 Å². The molecule has 1 aliphatic rings. The standard InChI is InChI=1S/C12H14BrN3O3/c13-11-4-3-9(16(18)19)6-10(11)12(17)15-8-2-1-5-14-7-8/h3-4,6,8,14H,1-2,5,7H2,(H,15,17)/t8-/m0/s1. The number of halogens is 1. The number of hydrogen-bond acceptors (Lipinski definition) is 4. The number of piperidine rings is 1. The molecule has 0 bridgehead atoms. The van der Waals surface area contributed by atoms with Crippen molar-refractivity contribution < 1.29 is 9.72 Å². The minimum absolute atomic E-state index is 0.0763. The van der Waals surface area contributed by atoms with Crippen molar-refractivity contribution in [2.75, 3.05) is 13.1 Å². The first-order valence-corrected chi connectivity index (χ1v) is 6.83. The molecule has 19 heavy (non-hydrogen) atoms. The quantitative estimate of drug-likeness (QED) is 0.655. The zero-order chi connectivity index (χ0) is 13.8. The summed E-state index contributed by atoms with van der Waals surface area (Å²) in [7, 11) is 0. The minimum Gasteiger partial charge on any atom is -0.348 e. The van der Waals surface area contributed by atoms with Gasteiger partial charge in [-0.25, -0.2) is 0 Å². The molecule has 1 aromatic carbocycles. The van der Waals surface area contributed by atoms with E-state index in [0.29, 0.717) is 10.0 Å². The van der Waals surface area contributed by atoms with Crippen molar-refractivity contribution in [2.24, 2.45) is 0 Å². The number of rotatable bonds is 3. The Morgan fingerprint density at radius 2 is 2.32 bits per heavy atom. The van der Waals surface area contributed by atoms with E-state index in [4.69, 9.17) is 0 Å². The van der Waals surface area contributed by atoms with Gasteiger partial charge in [-0.05, 0) is 41.4 Å². The molecule has 1 aromatic rings. The van der Waals surface area contributed by atoms with Gasteiger partial charge in [0.15, 0.2) is 0 Å². The lowest BCUT2D eigenvalue weighted by Gasteiger charge is -2.23. The average Bonchev–Trinajstić information content (AvgIpc) is 2.40. The molecule has 0 saturated carbocycles. The maximum atomic E-state index is 12.1. The Kier molecular flexibility index (Phi) is 4.49. The lowest BCUT2D eigenvalue weighted by Crippen LogP contribution is -2.45. The molecule has 2 N–H and O–H groups in total. The fourth-order valence-electron chi connectivity index (χ4n) is 2.04. The Bertz CT molecular complexity index is 501. The summed E-state index contributed by atoms with van der Waals surface area (Å²) in [6.07, 6.45) is 1.94. The predicted octanol–water partition coefficient (Wildman–Crippen LogP) is 1.84. The number of benzene rings is 1. The zero-order valence-corrected chi connectivity index (χ0v) is 11.8. The van der Waals surface area contributed by atoms with E-state index in [-0.39, 0.29) is 17.6 Å². The Labute approximate surface area is 118 Å². The molecule has 1 fully saturated rings. The van der Waals surface area contributed by atoms with Gasteiger partial charge in [-0.1, -0.05) is 0 Å². The van der Waals surface area contributed by atoms with Crippen molar-refractivity contribution in [1.29, 1.82) is 0 Å². The highest BCUT2D eigenvalue weighted by Crippen LogP contribution is 2.22. The highest BCUT2D eigenvalue weighted by molar-refractivity contribution is 9.10. The minimum atomic E-state index is -0.509. The van der Waals surface area contributed by atoms with Gasteiger partial charge in [-0.2, -0.15) is 0 Å². The maximum Gasteiger partial charge on any atom is 0.270 e. The van der Waals surface area contributed by atoms with E-state index >= 15 is 0 Å². The molecule has 1 aliphatic heterocycles. The smallest absolute Gasteiger partial charge is 0.270 e. The molecule has 6 nitrogen and oxygen atoms in total. The highest BCUT2D eigenvalue weighted by Gasteiger charge is 2.19. The van der Waals surface area contributed by atoms with Crippen LogP contribution in [0.3, 0.4) is 0 Å². The Morgan fingerprint density at radius 1 is 1.53 bits per heavy atom. The Morgan fingerprint density at radius 3 is 2.95 bits per heavy atom. The Balaban J connectivity index is 2.13. The highest BCUT2D eigenvalue weighted by atomic mass is 79.9. The summed E-state index contributed by atoms with van der Waals surface area (Å²) in [6.45, 7) is 1.70. The van der Waals surface area contributed by atoms with E-state index in [2.05, 4.69) is 26.6 Å². The summed E-state index contributed by atoms with van der Waals surface area (Å²) in [6, 6.07) is 4.25. The summed E-state index contributed by atoms with van der Waals surface area (Å²) < 4.78 is 0.555. The van der Waals surface area contributed by atoms with Crippen molar-refractivity contribution in [3.8, 4) is 0 Å². The monoisotopic (exact) mass is 327 g/mol. The summed E-state index contributed by atoms with van der Waals surface area (Å²) in [5.41, 5.74) is 0.204. The van der Waals surface area contributed by atoms with E-state index in [1.807, 2.05) is 0 Å². The zero-order valence-electron chi connectivity index (χ0n) is 10.2. The third kappa shape index (κ3) is 3.51. The van der Waals surface area contributed by atoms with Crippen LogP contribution in [-0.4, -0.2) is 30.0 Å². The number of nitro groups is 1. The third-order valence-corrected chi connectivity index (χ3v) is 3.73. The van der Waals surface area contributed by atoms with Gasteiger partial charge in [0.2, 0.25) is 0 Å². The summed E-state index contributed by atoms with van der Waals surface area (Å²) in [4.78, 5) is 22.3. The molecule has 7 heteroatoms. The largest absolute Gasteiger partial charge is 0.348 e. The number of hydrogen-bond donors (Lipinski definition) is 2. The van der Waals surface area contributed by atoms with Gasteiger partial charge in [-0.15, -0.1) is 0 Å². The van der Waals surface area contributed by atoms with Crippen LogP contribution in [0.15, 0.2) is 22.7 Å². The topological polar surface area (TPSA) is 84.3 Å². The summed E-state index contributed by atoms with van der Waals surface area (Å²) in [5, 5.41) is 16.8. The van der Waals surface area contributed by atoms with Crippen molar-refractivity contribution in [1.82, 2.24) is 10.6 Å². The lowest BCUT2D eigenvalue weighted by molar-refractivity contribution is -0.384. The van der Waals surface area contributed by atoms with Crippen LogP contribution in [0.5, 0.6) is 0 Å². The molecule has 2 rings (SSSR count). The van der Waals surface area contributed by atoms with Gasteiger partial charge in [0, 0.05) is 29.2 Å². The molecule has 1 atom stereocenters. The van der Waals surface area contributed by atoms with Crippen LogP contribution in [0.2, 0.25) is 0 Å². The number of non-ortho nitro benzene ring substituents is 1. The normalized spacial score (nSPS) is 18.9. The molecular formula is C12H14BrN3O3. The van der Waals surface area contributed by atoms with Crippen molar-refractivity contribution in [2.45, 2.75) is 18.9 Å². The molecular weight excluding hydrogens is 314 g/mol. The summed E-state index contributed by atoms with van der Waals surface area (Å²) in [5.74, 6) is -0.288. The molecule has 0 radical (unpaired) electrons. The van der Waals surface area contributed by atoms with Crippen molar-refractivity contribution >= 4 is 27.5 Å². The molecule has 1 saturated heterocycles. The van der Waals surface area contributed by atoms with E-state index in [1.54, 1.807) is 0 Å². The number of nitrogens with one attached hydrogen (secondary N) is 2. The van der Waals surface area contributed by atoms with Crippen LogP contribution in [0.1, 0.15) is 23.2 Å². The lowest BCUT2D eigenvalue weighted by atomic mass is 10.1. The molecule has 0 aromatic heterocycles. The fourth-order valence-corrected chi connectivity index (χ4v) is 2.47. The molecule has 1 amide bonds. The predicted molar refractivity (Wildman–Crippen MR) is 74.2 cm³/mol. The van der Waals surface area contributed by atoms with Crippen LogP contribution in [0.25, 0.3) is 0 Å². The fraction of sp³-hybridized carbons (Fsp3) is 0.417. The number of carbonyl (C=O) groups excluding carboxylic acids is 1. The van der Waals surface area contributed by atoms with Crippen molar-refractivity contribution in [3.63, 3.8) is 0 Å². The second-order valence-electron chi connectivity index (χ2n) is 4.44. The number of nitrogens with zero attached hydrogens (tertiary/aromatic N) is 1. The number of amides is 1. The Hall–Kier alpha value is -1.47. The molecule has 0 unspecified atom stereocenters. The summed E-state index contributed by atoms with van der Waals surface area (Å²) >= 11 is 3.25. The van der Waals surface area contributed by atoms with E-state index in [9.17, 15) is 14.9 Å². The van der Waals surface area contributed by atoms with Gasteiger partial charge < -0.3 is 10.6 Å². The van der Waals surface area contributed by atoms with Gasteiger partial charge in [0.05, 0.1) is 10.5 Å². The number of nitro benzene ring substituents is 1. The van der Waals surface area contributed by atoms with Crippen LogP contribution >= 0.6 is 15.9 Å². The molecule has 1 heterocycles. The molecule has 102 valence electrons. The second-order valence-corrected chi connectivity index (χ2v) is 5.29. The number of carbonyl (C=O) groups is 1. The van der Waals surface area contributed by atoms with Gasteiger partial charge >= 0.3 is 0 Å². The van der Waals surface area contributed by atoms with Gasteiger partial charge in [0.1, 0.15) is 0 Å². The van der Waals surface area contributed by atoms with E-state index < -0.39 is 4.92 Å². The molecule has 0 spiro atoms. The first-order valence-electron chi connectivity index (χ1n) is 6.03. The first-order chi connectivity index (χ1) is 9.08. The van der Waals surface area contributed by atoms with Crippen LogP contribution in [0, 0.1) is 10.1 Å². The average molecular weight is 328 g/mol. The first kappa shape index (κ1) is 14.0. The van der Waals surface area contributed by atoms with Crippen LogP contribution in [0.4, 0.5) is 5.69 Å². The van der Waals surface area contributed by atoms with Crippen molar-refractivity contribution in [3.05, 3.63) is 38.3 Å². The third-order valence-electron chi connectivity index (χ3n) is 3.04. The second kappa shape index (κ2) is 6.12. The van der Waals surface area contributed by atoms with Crippen LogP contribution < -0.4 is 10.6 Å². The molecule has 0 aliphatic carbocycles. The van der Waals surface area contributed by atoms with Gasteiger partial charge in [-0.3, -0.25) is 14.9 Å². The SMILES string of the molecule is O=C(N[C@H]1CCCNC1)c1cc([N+](=O)[O-])ccc1Br. The van der Waals surface area contributed by atoms with E-state index in [0.717, 1.165) is 25.9 Å². The maximum absolute atomic E-state index is 12.1.